The highest BCUT2D eigenvalue weighted by atomic mass is 31.2. The number of aliphatic carboxylic acids is 1. The summed E-state index contributed by atoms with van der Waals surface area (Å²) in [7, 11) is -4.73. The Morgan fingerprint density at radius 1 is 0.552 bits per heavy atom. The standard InChI is InChI=1S/C46H76NO10P/c1-3-5-7-9-11-13-15-17-19-20-21-22-24-26-28-30-32-34-36-38-45(49)57-42(40-55-58(52,53)56-41-43(47)46(50)51)39-54-44(48)37-35-33-31-29-27-25-23-18-16-14-12-10-8-6-4-2/h5,7,11-14,17-19,21-23,26,28,42-43H,3-4,6,8-10,15-16,20,24-25,27,29-41,47H2,1-2H3,(H,50,51)(H,52,53)/b7-5-,13-11-,14-12-,19-17-,22-21-,23-18-,28-26-/t42-,43+/m1/s1. The van der Waals surface area contributed by atoms with Crippen LogP contribution in [-0.2, 0) is 37.5 Å². The summed E-state index contributed by atoms with van der Waals surface area (Å²) in [5, 5.41) is 8.89. The van der Waals surface area contributed by atoms with Gasteiger partial charge in [0.2, 0.25) is 0 Å². The smallest absolute Gasteiger partial charge is 0.472 e. The average molecular weight is 834 g/mol. The highest BCUT2D eigenvalue weighted by molar-refractivity contribution is 7.47. The van der Waals surface area contributed by atoms with Crippen LogP contribution in [-0.4, -0.2) is 59.9 Å². The predicted octanol–water partition coefficient (Wildman–Crippen LogP) is 11.5. The number of esters is 2. The molecule has 0 aromatic rings. The third-order valence-electron chi connectivity index (χ3n) is 8.63. The third kappa shape index (κ3) is 39.5. The van der Waals surface area contributed by atoms with Crippen LogP contribution in [0.15, 0.2) is 85.1 Å². The van der Waals surface area contributed by atoms with Crippen molar-refractivity contribution in [3.8, 4) is 0 Å². The number of carbonyl (C=O) groups excluding carboxylic acids is 2. The summed E-state index contributed by atoms with van der Waals surface area (Å²) in [6.07, 6.45) is 49.3. The van der Waals surface area contributed by atoms with E-state index in [-0.39, 0.29) is 19.4 Å². The molecule has 0 spiro atoms. The van der Waals surface area contributed by atoms with Gasteiger partial charge >= 0.3 is 25.7 Å². The predicted molar refractivity (Wildman–Crippen MR) is 235 cm³/mol. The Labute approximate surface area is 350 Å². The molecule has 4 N–H and O–H groups in total. The molecule has 0 amide bonds. The van der Waals surface area contributed by atoms with Gasteiger partial charge in [-0.2, -0.15) is 0 Å². The van der Waals surface area contributed by atoms with E-state index in [2.05, 4.69) is 103 Å². The molecule has 0 heterocycles. The summed E-state index contributed by atoms with van der Waals surface area (Å²) >= 11 is 0. The Balaban J connectivity index is 4.48. The molecule has 0 aromatic heterocycles. The van der Waals surface area contributed by atoms with E-state index in [1.54, 1.807) is 0 Å². The second-order valence-corrected chi connectivity index (χ2v) is 15.5. The molecule has 0 aliphatic heterocycles. The zero-order valence-electron chi connectivity index (χ0n) is 35.6. The van der Waals surface area contributed by atoms with E-state index in [1.807, 2.05) is 0 Å². The SMILES string of the molecule is CC/C=C\C/C=C\C/C=C\C/C=C\C/C=C\CCCCCC(=O)O[C@H](COC(=O)CCCCCCC/C=C\C/C=C\CCCCC)COP(=O)(O)OC[C@H](N)C(=O)O. The summed E-state index contributed by atoms with van der Waals surface area (Å²) in [5.41, 5.74) is 5.33. The van der Waals surface area contributed by atoms with Crippen molar-refractivity contribution in [1.29, 1.82) is 0 Å². The van der Waals surface area contributed by atoms with E-state index in [1.165, 1.54) is 19.3 Å². The monoisotopic (exact) mass is 834 g/mol. The van der Waals surface area contributed by atoms with E-state index in [0.29, 0.717) is 12.8 Å². The first-order valence-corrected chi connectivity index (χ1v) is 23.1. The van der Waals surface area contributed by atoms with Gasteiger partial charge in [0.1, 0.15) is 12.6 Å². The summed E-state index contributed by atoms with van der Waals surface area (Å²) < 4.78 is 32.6. The van der Waals surface area contributed by atoms with Crippen LogP contribution in [0.2, 0.25) is 0 Å². The number of hydrogen-bond donors (Lipinski definition) is 3. The van der Waals surface area contributed by atoms with Gasteiger partial charge < -0.3 is 25.2 Å². The van der Waals surface area contributed by atoms with Crippen LogP contribution in [0, 0.1) is 0 Å². The maximum atomic E-state index is 12.6. The van der Waals surface area contributed by atoms with Crippen LogP contribution in [0.1, 0.15) is 155 Å². The summed E-state index contributed by atoms with van der Waals surface area (Å²) in [6, 6.07) is -1.53. The summed E-state index contributed by atoms with van der Waals surface area (Å²) in [6.45, 7) is 2.59. The molecule has 11 nitrogen and oxygen atoms in total. The highest BCUT2D eigenvalue weighted by Crippen LogP contribution is 2.43. The molecule has 0 radical (unpaired) electrons. The van der Waals surface area contributed by atoms with Gasteiger partial charge in [0, 0.05) is 12.8 Å². The van der Waals surface area contributed by atoms with Gasteiger partial charge in [-0.05, 0) is 89.9 Å². The maximum absolute atomic E-state index is 12.6. The number of carbonyl (C=O) groups is 3. The lowest BCUT2D eigenvalue weighted by molar-refractivity contribution is -0.161. The van der Waals surface area contributed by atoms with E-state index in [0.717, 1.165) is 96.3 Å². The zero-order chi connectivity index (χ0) is 42.8. The quantitative estimate of drug-likeness (QED) is 0.0233. The van der Waals surface area contributed by atoms with Crippen molar-refractivity contribution in [3.63, 3.8) is 0 Å². The molecule has 0 fully saturated rings. The van der Waals surface area contributed by atoms with Crippen LogP contribution in [0.5, 0.6) is 0 Å². The molecule has 0 saturated carbocycles. The molecule has 0 aromatic carbocycles. The number of carboxylic acids is 1. The second-order valence-electron chi connectivity index (χ2n) is 14.1. The van der Waals surface area contributed by atoms with E-state index >= 15 is 0 Å². The molecule has 0 rings (SSSR count). The molecule has 0 bridgehead atoms. The van der Waals surface area contributed by atoms with E-state index < -0.39 is 51.1 Å². The van der Waals surface area contributed by atoms with Crippen molar-refractivity contribution in [2.45, 2.75) is 167 Å². The molecule has 58 heavy (non-hydrogen) atoms. The molecule has 0 saturated heterocycles. The molecule has 0 aliphatic carbocycles. The first-order valence-electron chi connectivity index (χ1n) is 21.6. The fourth-order valence-corrected chi connectivity index (χ4v) is 6.02. The normalized spacial score (nSPS) is 14.6. The van der Waals surface area contributed by atoms with Crippen molar-refractivity contribution < 1.29 is 47.5 Å². The number of hydrogen-bond acceptors (Lipinski definition) is 9. The second kappa shape index (κ2) is 40.4. The zero-order valence-corrected chi connectivity index (χ0v) is 36.5. The molecule has 1 unspecified atom stereocenters. The molecule has 12 heteroatoms. The Morgan fingerprint density at radius 3 is 1.47 bits per heavy atom. The number of ether oxygens (including phenoxy) is 2. The van der Waals surface area contributed by atoms with Crippen molar-refractivity contribution in [2.75, 3.05) is 19.8 Å². The van der Waals surface area contributed by atoms with Crippen molar-refractivity contribution in [2.24, 2.45) is 5.73 Å². The minimum atomic E-state index is -4.73. The van der Waals surface area contributed by atoms with Gasteiger partial charge in [0.25, 0.3) is 0 Å². The fraction of sp³-hybridized carbons (Fsp3) is 0.630. The third-order valence-corrected chi connectivity index (χ3v) is 9.58. The molecule has 0 aliphatic rings. The van der Waals surface area contributed by atoms with Gasteiger partial charge in [-0.15, -0.1) is 0 Å². The van der Waals surface area contributed by atoms with Gasteiger partial charge in [-0.25, -0.2) is 4.57 Å². The molecular weight excluding hydrogens is 757 g/mol. The van der Waals surface area contributed by atoms with Crippen molar-refractivity contribution >= 4 is 25.7 Å². The lowest BCUT2D eigenvalue weighted by atomic mass is 10.1. The number of allylic oxidation sites excluding steroid dienone is 14. The van der Waals surface area contributed by atoms with Crippen LogP contribution in [0.25, 0.3) is 0 Å². The van der Waals surface area contributed by atoms with Crippen LogP contribution in [0.4, 0.5) is 0 Å². The number of unbranched alkanes of at least 4 members (excludes halogenated alkanes) is 11. The van der Waals surface area contributed by atoms with Gasteiger partial charge in [-0.1, -0.05) is 137 Å². The number of nitrogens with two attached hydrogens (primary N) is 1. The maximum Gasteiger partial charge on any atom is 0.472 e. The minimum absolute atomic E-state index is 0.114. The van der Waals surface area contributed by atoms with E-state index in [9.17, 15) is 23.8 Å². The molecular formula is C46H76NO10P. The fourth-order valence-electron chi connectivity index (χ4n) is 5.24. The average Bonchev–Trinajstić information content (AvgIpc) is 3.20. The van der Waals surface area contributed by atoms with Gasteiger partial charge in [-0.3, -0.25) is 23.4 Å². The van der Waals surface area contributed by atoms with Crippen LogP contribution in [0.3, 0.4) is 0 Å². The highest BCUT2D eigenvalue weighted by Gasteiger charge is 2.28. The lowest BCUT2D eigenvalue weighted by Crippen LogP contribution is -2.34. The van der Waals surface area contributed by atoms with Crippen molar-refractivity contribution in [3.05, 3.63) is 85.1 Å². The van der Waals surface area contributed by atoms with Crippen molar-refractivity contribution in [1.82, 2.24) is 0 Å². The Kier molecular flexibility index (Phi) is 38.1. The first-order chi connectivity index (χ1) is 28.1. The Morgan fingerprint density at radius 2 is 0.966 bits per heavy atom. The Bertz CT molecular complexity index is 1300. The Hall–Kier alpha value is -3.34. The van der Waals surface area contributed by atoms with Crippen LogP contribution < -0.4 is 5.73 Å². The summed E-state index contributed by atoms with van der Waals surface area (Å²) in [4.78, 5) is 46.0. The van der Waals surface area contributed by atoms with Crippen LogP contribution >= 0.6 is 7.82 Å². The topological polar surface area (TPSA) is 172 Å². The molecule has 330 valence electrons. The number of phosphoric ester groups is 1. The largest absolute Gasteiger partial charge is 0.480 e. The number of carboxylic acid groups (broad SMARTS) is 1. The minimum Gasteiger partial charge on any atom is -0.480 e. The summed E-state index contributed by atoms with van der Waals surface area (Å²) in [5.74, 6) is -2.45. The van der Waals surface area contributed by atoms with E-state index in [4.69, 9.17) is 24.8 Å². The number of rotatable bonds is 39. The van der Waals surface area contributed by atoms with Gasteiger partial charge in [0.05, 0.1) is 13.2 Å². The molecule has 3 atom stereocenters. The number of phosphoric acid groups is 1. The van der Waals surface area contributed by atoms with Gasteiger partial charge in [0.15, 0.2) is 6.10 Å². The first kappa shape index (κ1) is 54.7. The lowest BCUT2D eigenvalue weighted by Gasteiger charge is -2.20.